The molecule has 0 saturated carbocycles. The molecule has 2 saturated heterocycles. The first-order valence-corrected chi connectivity index (χ1v) is 7.53. The van der Waals surface area contributed by atoms with Crippen LogP contribution in [0.1, 0.15) is 12.8 Å². The summed E-state index contributed by atoms with van der Waals surface area (Å²) in [6.45, 7) is 1.98. The van der Waals surface area contributed by atoms with Crippen LogP contribution in [0.4, 0.5) is 10.3 Å². The monoisotopic (exact) mass is 317 g/mol. The van der Waals surface area contributed by atoms with E-state index in [0.29, 0.717) is 31.7 Å². The van der Waals surface area contributed by atoms with Gasteiger partial charge in [0.1, 0.15) is 11.7 Å². The lowest BCUT2D eigenvalue weighted by molar-refractivity contribution is -0.127. The predicted octanol–water partition coefficient (Wildman–Crippen LogP) is 1.22. The molecule has 2 aromatic rings. The van der Waals surface area contributed by atoms with Gasteiger partial charge in [-0.05, 0) is 6.07 Å². The predicted molar refractivity (Wildman–Crippen MR) is 78.6 cm³/mol. The average Bonchev–Trinajstić information content (AvgIpc) is 2.55. The van der Waals surface area contributed by atoms with E-state index in [1.165, 1.54) is 12.4 Å². The molecule has 2 aliphatic rings. The smallest absolute Gasteiger partial charge is 0.316 e. The lowest BCUT2D eigenvalue weighted by Crippen LogP contribution is -2.66. The van der Waals surface area contributed by atoms with Crippen molar-refractivity contribution in [3.8, 4) is 6.01 Å². The summed E-state index contributed by atoms with van der Waals surface area (Å²) in [4.78, 5) is 18.2. The van der Waals surface area contributed by atoms with Crippen LogP contribution in [-0.4, -0.2) is 51.3 Å². The minimum Gasteiger partial charge on any atom is -0.460 e. The third-order valence-corrected chi connectivity index (χ3v) is 4.11. The summed E-state index contributed by atoms with van der Waals surface area (Å²) >= 11 is 0. The van der Waals surface area contributed by atoms with Crippen molar-refractivity contribution in [2.45, 2.75) is 24.5 Å². The van der Waals surface area contributed by atoms with Crippen LogP contribution in [0.5, 0.6) is 6.01 Å². The number of ether oxygens (including phenoxy) is 2. The molecule has 4 rings (SSSR count). The maximum atomic E-state index is 12.9. The van der Waals surface area contributed by atoms with Crippen molar-refractivity contribution in [1.82, 2.24) is 19.9 Å². The van der Waals surface area contributed by atoms with Crippen LogP contribution in [0.3, 0.4) is 0 Å². The molecule has 1 atom stereocenters. The van der Waals surface area contributed by atoms with E-state index in [-0.39, 0.29) is 11.7 Å². The quantitative estimate of drug-likeness (QED) is 0.842. The van der Waals surface area contributed by atoms with Crippen LogP contribution in [0, 0.1) is 5.82 Å². The van der Waals surface area contributed by atoms with Crippen LogP contribution in [0.15, 0.2) is 30.9 Å². The van der Waals surface area contributed by atoms with Crippen LogP contribution in [0.2, 0.25) is 0 Å². The van der Waals surface area contributed by atoms with E-state index in [9.17, 15) is 4.39 Å². The molecule has 4 heterocycles. The fourth-order valence-corrected chi connectivity index (χ4v) is 3.06. The number of hydrogen-bond acceptors (Lipinski definition) is 7. The number of nitrogens with zero attached hydrogens (tertiary/aromatic N) is 5. The largest absolute Gasteiger partial charge is 0.460 e. The third-order valence-electron chi connectivity index (χ3n) is 4.11. The summed E-state index contributed by atoms with van der Waals surface area (Å²) < 4.78 is 24.7. The Bertz CT molecular complexity index is 663. The minimum absolute atomic E-state index is 0.0300. The second kappa shape index (κ2) is 5.69. The van der Waals surface area contributed by atoms with Gasteiger partial charge in [0, 0.05) is 25.2 Å². The summed E-state index contributed by atoms with van der Waals surface area (Å²) in [5, 5.41) is 0. The van der Waals surface area contributed by atoms with E-state index in [2.05, 4.69) is 19.9 Å². The van der Waals surface area contributed by atoms with Crippen LogP contribution in [-0.2, 0) is 4.74 Å². The maximum absolute atomic E-state index is 12.9. The molecule has 0 aromatic carbocycles. The average molecular weight is 317 g/mol. The minimum atomic E-state index is -0.436. The molecule has 0 unspecified atom stereocenters. The van der Waals surface area contributed by atoms with Gasteiger partial charge in [0.15, 0.2) is 5.82 Å². The molecule has 0 amide bonds. The molecule has 120 valence electrons. The van der Waals surface area contributed by atoms with Crippen molar-refractivity contribution < 1.29 is 13.9 Å². The fraction of sp³-hybridized carbons (Fsp3) is 0.467. The van der Waals surface area contributed by atoms with E-state index in [0.717, 1.165) is 12.8 Å². The number of anilines is 1. The van der Waals surface area contributed by atoms with Gasteiger partial charge >= 0.3 is 6.01 Å². The van der Waals surface area contributed by atoms with Gasteiger partial charge in [0.2, 0.25) is 5.95 Å². The Morgan fingerprint density at radius 2 is 1.91 bits per heavy atom. The zero-order valence-corrected chi connectivity index (χ0v) is 12.4. The van der Waals surface area contributed by atoms with Gasteiger partial charge in [0.05, 0.1) is 32.1 Å². The highest BCUT2D eigenvalue weighted by molar-refractivity contribution is 5.37. The van der Waals surface area contributed by atoms with E-state index in [1.807, 2.05) is 4.90 Å². The summed E-state index contributed by atoms with van der Waals surface area (Å²) in [5.74, 6) is 0.0873. The van der Waals surface area contributed by atoms with Crippen molar-refractivity contribution in [3.05, 3.63) is 36.7 Å². The Morgan fingerprint density at radius 3 is 2.65 bits per heavy atom. The van der Waals surface area contributed by atoms with E-state index < -0.39 is 5.82 Å². The fourth-order valence-electron chi connectivity index (χ4n) is 3.06. The molecular weight excluding hydrogens is 301 g/mol. The highest BCUT2D eigenvalue weighted by atomic mass is 19.1. The number of aromatic nitrogens is 4. The first kappa shape index (κ1) is 14.3. The molecule has 2 fully saturated rings. The van der Waals surface area contributed by atoms with Gasteiger partial charge in [-0.2, -0.15) is 0 Å². The molecular formula is C15H16FN5O2. The van der Waals surface area contributed by atoms with Crippen LogP contribution < -0.4 is 9.64 Å². The second-order valence-corrected chi connectivity index (χ2v) is 5.85. The Hall–Kier alpha value is -2.35. The van der Waals surface area contributed by atoms with E-state index in [4.69, 9.17) is 9.47 Å². The molecule has 0 bridgehead atoms. The highest BCUT2D eigenvalue weighted by Gasteiger charge is 2.49. The first-order valence-electron chi connectivity index (χ1n) is 7.53. The Balaban J connectivity index is 1.38. The molecule has 0 radical (unpaired) electrons. The molecule has 2 aliphatic heterocycles. The highest BCUT2D eigenvalue weighted by Crippen LogP contribution is 2.36. The van der Waals surface area contributed by atoms with Crippen molar-refractivity contribution in [3.63, 3.8) is 0 Å². The van der Waals surface area contributed by atoms with E-state index >= 15 is 0 Å². The topological polar surface area (TPSA) is 73.3 Å². The van der Waals surface area contributed by atoms with Crippen molar-refractivity contribution >= 4 is 5.95 Å². The summed E-state index contributed by atoms with van der Waals surface area (Å²) in [6.07, 6.45) is 7.28. The van der Waals surface area contributed by atoms with Crippen LogP contribution >= 0.6 is 0 Å². The summed E-state index contributed by atoms with van der Waals surface area (Å²) in [7, 11) is 0. The van der Waals surface area contributed by atoms with Gasteiger partial charge in [-0.25, -0.2) is 24.3 Å². The molecule has 0 N–H and O–H groups in total. The van der Waals surface area contributed by atoms with Gasteiger partial charge in [0.25, 0.3) is 0 Å². The zero-order chi connectivity index (χ0) is 15.7. The molecule has 7 nitrogen and oxygen atoms in total. The van der Waals surface area contributed by atoms with E-state index in [1.54, 1.807) is 18.5 Å². The molecule has 1 spiro atoms. The normalized spacial score (nSPS) is 22.7. The lowest BCUT2D eigenvalue weighted by Gasteiger charge is -2.52. The number of rotatable bonds is 3. The SMILES string of the molecule is Fc1cnc(N2CC3(C[C@@H](Oc4ncccn4)CCO3)C2)nc1. The maximum Gasteiger partial charge on any atom is 0.316 e. The zero-order valence-electron chi connectivity index (χ0n) is 12.4. The summed E-state index contributed by atoms with van der Waals surface area (Å²) in [6, 6.07) is 2.15. The molecule has 0 aliphatic carbocycles. The Morgan fingerprint density at radius 1 is 1.17 bits per heavy atom. The van der Waals surface area contributed by atoms with Gasteiger partial charge in [-0.3, -0.25) is 0 Å². The Kier molecular flexibility index (Phi) is 3.53. The van der Waals surface area contributed by atoms with Gasteiger partial charge in [-0.15, -0.1) is 0 Å². The van der Waals surface area contributed by atoms with Crippen molar-refractivity contribution in [2.24, 2.45) is 0 Å². The Labute approximate surface area is 132 Å². The van der Waals surface area contributed by atoms with Crippen molar-refractivity contribution in [2.75, 3.05) is 24.6 Å². The first-order chi connectivity index (χ1) is 11.2. The van der Waals surface area contributed by atoms with Gasteiger partial charge < -0.3 is 14.4 Å². The van der Waals surface area contributed by atoms with Crippen LogP contribution in [0.25, 0.3) is 0 Å². The number of halogens is 1. The molecule has 2 aromatic heterocycles. The second-order valence-electron chi connectivity index (χ2n) is 5.85. The summed E-state index contributed by atoms with van der Waals surface area (Å²) in [5.41, 5.74) is -0.255. The number of hydrogen-bond donors (Lipinski definition) is 0. The standard InChI is InChI=1S/C15H16FN5O2/c16-11-7-19-13(20-8-11)21-9-15(10-21)6-12(2-5-22-15)23-14-17-3-1-4-18-14/h1,3-4,7-8,12H,2,5-6,9-10H2/t12-/m0/s1. The van der Waals surface area contributed by atoms with Crippen molar-refractivity contribution in [1.29, 1.82) is 0 Å². The third kappa shape index (κ3) is 2.94. The molecule has 23 heavy (non-hydrogen) atoms. The molecule has 8 heteroatoms. The van der Waals surface area contributed by atoms with Gasteiger partial charge in [-0.1, -0.05) is 0 Å². The lowest BCUT2D eigenvalue weighted by atomic mass is 9.85.